The summed E-state index contributed by atoms with van der Waals surface area (Å²) in [6.07, 6.45) is 0.458. The van der Waals surface area contributed by atoms with Crippen molar-refractivity contribution in [3.05, 3.63) is 35.4 Å². The Morgan fingerprint density at radius 2 is 2.04 bits per heavy atom. The van der Waals surface area contributed by atoms with Crippen LogP contribution in [0.1, 0.15) is 49.0 Å². The summed E-state index contributed by atoms with van der Waals surface area (Å²) in [5.41, 5.74) is 1.37. The average Bonchev–Trinajstić information content (AvgIpc) is 2.83. The normalized spacial score (nSPS) is 16.4. The number of ether oxygens (including phenoxy) is 1. The molecule has 0 bridgehead atoms. The lowest BCUT2D eigenvalue weighted by Crippen LogP contribution is -2.23. The molecule has 1 aromatic carbocycles. The van der Waals surface area contributed by atoms with Crippen LogP contribution in [0.5, 0.6) is 5.75 Å². The molecule has 0 aliphatic carbocycles. The van der Waals surface area contributed by atoms with Crippen LogP contribution in [0.3, 0.4) is 0 Å². The number of fused-ring (bicyclic) bond motifs is 1. The topological polar surface area (TPSA) is 85.2 Å². The number of aromatic nitrogens is 2. The molecule has 1 aliphatic heterocycles. The molecule has 0 fully saturated rings. The second kappa shape index (κ2) is 6.58. The zero-order chi connectivity index (χ0) is 18.1. The molecule has 2 amide bonds. The molecule has 0 spiro atoms. The first-order valence-corrected chi connectivity index (χ1v) is 8.30. The number of carbonyl (C=O) groups is 2. The standard InChI is InChI=1S/C18H22N4O3/c1-10(2)25-13-7-5-12(6-8-13)18(24)20-16-15-11(3)9-14(23)19-17(15)22(4)21-16/h5-8,10-11H,9H2,1-4H3,(H,19,23)(H,20,21,24). The molecule has 1 unspecified atom stereocenters. The van der Waals surface area contributed by atoms with Gasteiger partial charge in [-0.2, -0.15) is 5.10 Å². The smallest absolute Gasteiger partial charge is 0.256 e. The zero-order valence-electron chi connectivity index (χ0n) is 14.8. The lowest BCUT2D eigenvalue weighted by Gasteiger charge is -2.20. The molecular weight excluding hydrogens is 320 g/mol. The predicted octanol–water partition coefficient (Wildman–Crippen LogP) is 2.91. The lowest BCUT2D eigenvalue weighted by molar-refractivity contribution is -0.116. The summed E-state index contributed by atoms with van der Waals surface area (Å²) in [7, 11) is 1.74. The fraction of sp³-hybridized carbons (Fsp3) is 0.389. The number of nitrogens with zero attached hydrogens (tertiary/aromatic N) is 2. The maximum Gasteiger partial charge on any atom is 0.256 e. The Labute approximate surface area is 146 Å². The van der Waals surface area contributed by atoms with Crippen molar-refractivity contribution < 1.29 is 14.3 Å². The van der Waals surface area contributed by atoms with E-state index in [-0.39, 0.29) is 23.8 Å². The van der Waals surface area contributed by atoms with Crippen molar-refractivity contribution in [2.75, 3.05) is 10.6 Å². The van der Waals surface area contributed by atoms with Crippen LogP contribution in [0.15, 0.2) is 24.3 Å². The summed E-state index contributed by atoms with van der Waals surface area (Å²) in [6.45, 7) is 5.85. The highest BCUT2D eigenvalue weighted by molar-refractivity contribution is 6.05. The van der Waals surface area contributed by atoms with Gasteiger partial charge in [-0.05, 0) is 44.0 Å². The third kappa shape index (κ3) is 3.50. The molecule has 0 radical (unpaired) electrons. The van der Waals surface area contributed by atoms with Crippen molar-refractivity contribution in [3.8, 4) is 5.75 Å². The molecule has 0 saturated heterocycles. The highest BCUT2D eigenvalue weighted by Crippen LogP contribution is 2.37. The molecule has 1 aromatic heterocycles. The molecule has 1 atom stereocenters. The van der Waals surface area contributed by atoms with Gasteiger partial charge < -0.3 is 15.4 Å². The zero-order valence-corrected chi connectivity index (χ0v) is 14.8. The average molecular weight is 342 g/mol. The van der Waals surface area contributed by atoms with E-state index < -0.39 is 0 Å². The van der Waals surface area contributed by atoms with Gasteiger partial charge in [-0.25, -0.2) is 0 Å². The van der Waals surface area contributed by atoms with Crippen LogP contribution in [-0.4, -0.2) is 27.7 Å². The van der Waals surface area contributed by atoms with Gasteiger partial charge in [0.05, 0.1) is 6.10 Å². The van der Waals surface area contributed by atoms with E-state index in [4.69, 9.17) is 4.74 Å². The minimum absolute atomic E-state index is 0.00503. The molecule has 7 heteroatoms. The number of aryl methyl sites for hydroxylation is 1. The number of benzene rings is 1. The van der Waals surface area contributed by atoms with Crippen LogP contribution in [-0.2, 0) is 11.8 Å². The number of rotatable bonds is 4. The van der Waals surface area contributed by atoms with Crippen LogP contribution in [0.2, 0.25) is 0 Å². The van der Waals surface area contributed by atoms with Gasteiger partial charge in [-0.1, -0.05) is 6.92 Å². The number of hydrogen-bond acceptors (Lipinski definition) is 4. The predicted molar refractivity (Wildman–Crippen MR) is 95.0 cm³/mol. The van der Waals surface area contributed by atoms with Gasteiger partial charge in [0.25, 0.3) is 5.91 Å². The maximum absolute atomic E-state index is 12.5. The Kier molecular flexibility index (Phi) is 4.48. The van der Waals surface area contributed by atoms with Crippen molar-refractivity contribution in [2.45, 2.75) is 39.2 Å². The second-order valence-electron chi connectivity index (χ2n) is 6.53. The molecule has 1 aliphatic rings. The van der Waals surface area contributed by atoms with Crippen molar-refractivity contribution in [2.24, 2.45) is 7.05 Å². The lowest BCUT2D eigenvalue weighted by atomic mass is 9.95. The number of hydrogen-bond donors (Lipinski definition) is 2. The summed E-state index contributed by atoms with van der Waals surface area (Å²) in [6, 6.07) is 6.97. The van der Waals surface area contributed by atoms with Crippen LogP contribution < -0.4 is 15.4 Å². The van der Waals surface area contributed by atoms with Gasteiger partial charge in [0, 0.05) is 24.6 Å². The van der Waals surface area contributed by atoms with Gasteiger partial charge in [-0.3, -0.25) is 14.3 Å². The maximum atomic E-state index is 12.5. The molecule has 25 heavy (non-hydrogen) atoms. The fourth-order valence-electron chi connectivity index (χ4n) is 2.95. The van der Waals surface area contributed by atoms with Crippen LogP contribution in [0.4, 0.5) is 11.6 Å². The van der Waals surface area contributed by atoms with E-state index in [9.17, 15) is 9.59 Å². The Morgan fingerprint density at radius 3 is 2.68 bits per heavy atom. The molecule has 2 aromatic rings. The number of amides is 2. The summed E-state index contributed by atoms with van der Waals surface area (Å²) < 4.78 is 7.16. The SMILES string of the molecule is CC(C)Oc1ccc(C(=O)Nc2nn(C)c3c2C(C)CC(=O)N3)cc1. The largest absolute Gasteiger partial charge is 0.491 e. The first-order valence-electron chi connectivity index (χ1n) is 8.30. The van der Waals surface area contributed by atoms with Gasteiger partial charge in [0.1, 0.15) is 11.6 Å². The van der Waals surface area contributed by atoms with E-state index in [1.54, 1.807) is 36.0 Å². The molecule has 7 nitrogen and oxygen atoms in total. The van der Waals surface area contributed by atoms with E-state index in [1.807, 2.05) is 20.8 Å². The van der Waals surface area contributed by atoms with Gasteiger partial charge in [0.2, 0.25) is 5.91 Å². The van der Waals surface area contributed by atoms with Crippen molar-refractivity contribution in [1.29, 1.82) is 0 Å². The molecule has 3 rings (SSSR count). The van der Waals surface area contributed by atoms with E-state index in [1.165, 1.54) is 0 Å². The van der Waals surface area contributed by atoms with Crippen LogP contribution >= 0.6 is 0 Å². The van der Waals surface area contributed by atoms with Gasteiger partial charge >= 0.3 is 0 Å². The number of carbonyl (C=O) groups excluding carboxylic acids is 2. The van der Waals surface area contributed by atoms with Crippen molar-refractivity contribution >= 4 is 23.5 Å². The number of nitrogens with one attached hydrogen (secondary N) is 2. The Morgan fingerprint density at radius 1 is 1.36 bits per heavy atom. The second-order valence-corrected chi connectivity index (χ2v) is 6.53. The van der Waals surface area contributed by atoms with E-state index >= 15 is 0 Å². The van der Waals surface area contributed by atoms with Crippen molar-refractivity contribution in [3.63, 3.8) is 0 Å². The Bertz CT molecular complexity index is 808. The molecule has 132 valence electrons. The van der Waals surface area contributed by atoms with E-state index in [0.29, 0.717) is 23.6 Å². The molecule has 2 N–H and O–H groups in total. The molecule has 0 saturated carbocycles. The molecule has 2 heterocycles. The van der Waals surface area contributed by atoms with E-state index in [0.717, 1.165) is 11.3 Å². The molecular formula is C18H22N4O3. The highest BCUT2D eigenvalue weighted by atomic mass is 16.5. The Balaban J connectivity index is 1.80. The minimum Gasteiger partial charge on any atom is -0.491 e. The minimum atomic E-state index is -0.249. The van der Waals surface area contributed by atoms with Crippen LogP contribution in [0, 0.1) is 0 Å². The number of anilines is 2. The highest BCUT2D eigenvalue weighted by Gasteiger charge is 2.29. The third-order valence-electron chi connectivity index (χ3n) is 4.05. The first kappa shape index (κ1) is 17.0. The third-order valence-corrected chi connectivity index (χ3v) is 4.05. The van der Waals surface area contributed by atoms with Crippen LogP contribution in [0.25, 0.3) is 0 Å². The Hall–Kier alpha value is -2.83. The van der Waals surface area contributed by atoms with E-state index in [2.05, 4.69) is 15.7 Å². The fourth-order valence-corrected chi connectivity index (χ4v) is 2.95. The summed E-state index contributed by atoms with van der Waals surface area (Å²) in [5.74, 6) is 1.55. The first-order chi connectivity index (χ1) is 11.8. The quantitative estimate of drug-likeness (QED) is 0.895. The van der Waals surface area contributed by atoms with Gasteiger partial charge in [0.15, 0.2) is 5.82 Å². The summed E-state index contributed by atoms with van der Waals surface area (Å²) >= 11 is 0. The van der Waals surface area contributed by atoms with Gasteiger partial charge in [-0.15, -0.1) is 0 Å². The monoisotopic (exact) mass is 342 g/mol. The van der Waals surface area contributed by atoms with Crippen molar-refractivity contribution in [1.82, 2.24) is 9.78 Å². The summed E-state index contributed by atoms with van der Waals surface area (Å²) in [5, 5.41) is 10.0. The summed E-state index contributed by atoms with van der Waals surface area (Å²) in [4.78, 5) is 24.2.